The molecule has 0 unspecified atom stereocenters. The number of anilines is 1. The maximum Gasteiger partial charge on any atom is 0.405 e. The van der Waals surface area contributed by atoms with Crippen LogP contribution in [0.1, 0.15) is 5.56 Å². The molecule has 1 heterocycles. The molecule has 1 saturated heterocycles. The van der Waals surface area contributed by atoms with Gasteiger partial charge in [-0.2, -0.15) is 13.2 Å². The number of alkyl halides is 3. The van der Waals surface area contributed by atoms with Crippen molar-refractivity contribution < 1.29 is 27.7 Å². The third-order valence-corrected chi connectivity index (χ3v) is 4.04. The molecule has 0 atom stereocenters. The maximum absolute atomic E-state index is 12.0. The second kappa shape index (κ2) is 8.19. The molecule has 1 aliphatic heterocycles. The van der Waals surface area contributed by atoms with Gasteiger partial charge in [-0.15, -0.1) is 0 Å². The number of amides is 3. The minimum atomic E-state index is -4.50. The van der Waals surface area contributed by atoms with Crippen molar-refractivity contribution in [1.82, 2.24) is 10.6 Å². The molecule has 0 bridgehead atoms. The molecule has 1 aromatic rings. The molecular weight excluding hydrogens is 337 g/mol. The van der Waals surface area contributed by atoms with E-state index in [2.05, 4.69) is 11.0 Å². The van der Waals surface area contributed by atoms with Gasteiger partial charge in [0.15, 0.2) is 6.54 Å². The number of nitrogens with zero attached hydrogens (tertiary/aromatic N) is 1. The number of quaternary nitrogens is 1. The fourth-order valence-corrected chi connectivity index (χ4v) is 2.78. The number of carbonyl (C=O) groups is 2. The zero-order chi connectivity index (χ0) is 18.4. The summed E-state index contributed by atoms with van der Waals surface area (Å²) in [5.74, 6) is -0.584. The van der Waals surface area contributed by atoms with Crippen LogP contribution in [0.2, 0.25) is 0 Å². The zero-order valence-corrected chi connectivity index (χ0v) is 13.9. The van der Waals surface area contributed by atoms with Crippen molar-refractivity contribution in [2.45, 2.75) is 13.1 Å². The molecule has 6 nitrogen and oxygen atoms in total. The first kappa shape index (κ1) is 19.0. The number of halogens is 3. The van der Waals surface area contributed by atoms with Gasteiger partial charge in [0.2, 0.25) is 0 Å². The second-order valence-electron chi connectivity index (χ2n) is 6.05. The van der Waals surface area contributed by atoms with Crippen molar-refractivity contribution in [2.24, 2.45) is 0 Å². The molecule has 2 rings (SSSR count). The van der Waals surface area contributed by atoms with E-state index in [9.17, 15) is 22.8 Å². The highest BCUT2D eigenvalue weighted by atomic mass is 19.4. The average molecular weight is 359 g/mol. The van der Waals surface area contributed by atoms with E-state index in [0.717, 1.165) is 23.7 Å². The lowest BCUT2D eigenvalue weighted by atomic mass is 10.1. The molecule has 0 aromatic heterocycles. The number of urea groups is 1. The van der Waals surface area contributed by atoms with Gasteiger partial charge in [0, 0.05) is 5.69 Å². The van der Waals surface area contributed by atoms with Crippen molar-refractivity contribution >= 4 is 17.6 Å². The highest BCUT2D eigenvalue weighted by Crippen LogP contribution is 2.18. The van der Waals surface area contributed by atoms with Gasteiger partial charge in [-0.3, -0.25) is 10.1 Å². The monoisotopic (exact) mass is 359 g/mol. The van der Waals surface area contributed by atoms with Crippen LogP contribution in [-0.2, 0) is 4.79 Å². The highest BCUT2D eigenvalue weighted by molar-refractivity contribution is 5.94. The van der Waals surface area contributed by atoms with Crippen LogP contribution in [-0.4, -0.2) is 57.4 Å². The normalized spacial score (nSPS) is 15.8. The Bertz CT molecular complexity index is 614. The molecule has 1 aliphatic rings. The minimum absolute atomic E-state index is 0.0566. The molecule has 1 aromatic carbocycles. The number of hydrogen-bond acceptors (Lipinski definition) is 3. The van der Waals surface area contributed by atoms with Crippen LogP contribution in [0.15, 0.2) is 24.3 Å². The third-order valence-electron chi connectivity index (χ3n) is 4.04. The lowest BCUT2D eigenvalue weighted by molar-refractivity contribution is -0.892. The highest BCUT2D eigenvalue weighted by Gasteiger charge is 2.28. The molecule has 3 amide bonds. The van der Waals surface area contributed by atoms with E-state index in [4.69, 9.17) is 0 Å². The minimum Gasteiger partial charge on any atom is -0.360 e. The average Bonchev–Trinajstić information content (AvgIpc) is 2.54. The van der Waals surface area contributed by atoms with Gasteiger partial charge in [0.05, 0.1) is 26.2 Å². The maximum atomic E-state index is 12.0. The van der Waals surface area contributed by atoms with Crippen molar-refractivity contribution in [3.63, 3.8) is 0 Å². The van der Waals surface area contributed by atoms with Crippen molar-refractivity contribution in [3.8, 4) is 0 Å². The Kier molecular flexibility index (Phi) is 6.24. The molecule has 25 heavy (non-hydrogen) atoms. The number of imide groups is 1. The summed E-state index contributed by atoms with van der Waals surface area (Å²) < 4.78 is 36.0. The molecule has 0 radical (unpaired) electrons. The van der Waals surface area contributed by atoms with E-state index < -0.39 is 24.7 Å². The largest absolute Gasteiger partial charge is 0.405 e. The summed E-state index contributed by atoms with van der Waals surface area (Å²) in [5, 5.41) is 3.54. The lowest BCUT2D eigenvalue weighted by Crippen LogP contribution is -3.16. The standard InChI is InChI=1S/C16H21F3N4O2/c1-12-4-2-3-5-13(12)23-8-6-22(7-9-23)10-14(24)21-15(25)20-11-16(17,18)19/h2-5H,6-11H2,1H3,(H2,20,21,24,25)/p+1. The molecule has 0 aliphatic carbocycles. The predicted molar refractivity (Wildman–Crippen MR) is 86.6 cm³/mol. The van der Waals surface area contributed by atoms with E-state index >= 15 is 0 Å². The SMILES string of the molecule is Cc1ccccc1N1CC[NH+](CC(=O)NC(=O)NCC(F)(F)F)CC1. The van der Waals surface area contributed by atoms with E-state index in [1.165, 1.54) is 5.56 Å². The van der Waals surface area contributed by atoms with E-state index in [1.807, 2.05) is 30.4 Å². The summed E-state index contributed by atoms with van der Waals surface area (Å²) >= 11 is 0. The number of nitrogens with one attached hydrogen (secondary N) is 3. The van der Waals surface area contributed by atoms with Crippen LogP contribution >= 0.6 is 0 Å². The number of benzene rings is 1. The third kappa shape index (κ3) is 6.26. The van der Waals surface area contributed by atoms with Gasteiger partial charge >= 0.3 is 12.2 Å². The van der Waals surface area contributed by atoms with Crippen molar-refractivity contribution in [3.05, 3.63) is 29.8 Å². The van der Waals surface area contributed by atoms with Gasteiger partial charge in [-0.1, -0.05) is 18.2 Å². The molecule has 0 saturated carbocycles. The number of aryl methyl sites for hydroxylation is 1. The Morgan fingerprint density at radius 2 is 1.84 bits per heavy atom. The fraction of sp³-hybridized carbons (Fsp3) is 0.500. The van der Waals surface area contributed by atoms with Crippen LogP contribution in [0, 0.1) is 6.92 Å². The zero-order valence-electron chi connectivity index (χ0n) is 13.9. The Balaban J connectivity index is 1.73. The predicted octanol–water partition coefficient (Wildman–Crippen LogP) is 0.0880. The summed E-state index contributed by atoms with van der Waals surface area (Å²) in [6.45, 7) is 3.61. The Morgan fingerprint density at radius 3 is 2.44 bits per heavy atom. The lowest BCUT2D eigenvalue weighted by Gasteiger charge is -2.34. The van der Waals surface area contributed by atoms with Crippen LogP contribution in [0.3, 0.4) is 0 Å². The van der Waals surface area contributed by atoms with E-state index in [-0.39, 0.29) is 6.54 Å². The van der Waals surface area contributed by atoms with Crippen molar-refractivity contribution in [2.75, 3.05) is 44.2 Å². The molecule has 1 fully saturated rings. The Labute approximate surface area is 144 Å². The first-order valence-electron chi connectivity index (χ1n) is 8.03. The van der Waals surface area contributed by atoms with Crippen LogP contribution in [0.4, 0.5) is 23.7 Å². The topological polar surface area (TPSA) is 65.9 Å². The van der Waals surface area contributed by atoms with Crippen LogP contribution < -0.4 is 20.4 Å². The Hall–Kier alpha value is -2.29. The molecule has 138 valence electrons. The molecule has 9 heteroatoms. The van der Waals surface area contributed by atoms with Gasteiger partial charge in [-0.25, -0.2) is 4.79 Å². The number of rotatable bonds is 4. The summed E-state index contributed by atoms with van der Waals surface area (Å²) in [6.07, 6.45) is -4.50. The fourth-order valence-electron chi connectivity index (χ4n) is 2.78. The number of hydrogen-bond donors (Lipinski definition) is 3. The first-order chi connectivity index (χ1) is 11.7. The molecule has 3 N–H and O–H groups in total. The summed E-state index contributed by atoms with van der Waals surface area (Å²) in [6, 6.07) is 6.93. The number of piperazine rings is 1. The van der Waals surface area contributed by atoms with Gasteiger partial charge in [-0.05, 0) is 18.6 Å². The van der Waals surface area contributed by atoms with E-state index in [1.54, 1.807) is 5.32 Å². The summed E-state index contributed by atoms with van der Waals surface area (Å²) in [7, 11) is 0. The summed E-state index contributed by atoms with van der Waals surface area (Å²) in [4.78, 5) is 26.3. The van der Waals surface area contributed by atoms with Gasteiger partial charge < -0.3 is 15.1 Å². The second-order valence-corrected chi connectivity index (χ2v) is 6.05. The Morgan fingerprint density at radius 1 is 1.20 bits per heavy atom. The van der Waals surface area contributed by atoms with Crippen LogP contribution in [0.5, 0.6) is 0 Å². The van der Waals surface area contributed by atoms with Gasteiger partial charge in [0.1, 0.15) is 6.54 Å². The molecule has 0 spiro atoms. The molecular formula is C16H22F3N4O2+. The number of carbonyl (C=O) groups excluding carboxylic acids is 2. The first-order valence-corrected chi connectivity index (χ1v) is 8.03. The van der Waals surface area contributed by atoms with Crippen molar-refractivity contribution in [1.29, 1.82) is 0 Å². The quantitative estimate of drug-likeness (QED) is 0.714. The van der Waals surface area contributed by atoms with Gasteiger partial charge in [0.25, 0.3) is 5.91 Å². The number of para-hydroxylation sites is 1. The smallest absolute Gasteiger partial charge is 0.360 e. The summed E-state index contributed by atoms with van der Waals surface area (Å²) in [5.41, 5.74) is 2.35. The van der Waals surface area contributed by atoms with Crippen LogP contribution in [0.25, 0.3) is 0 Å². The van der Waals surface area contributed by atoms with E-state index in [0.29, 0.717) is 13.1 Å².